The number of rotatable bonds is 2. The van der Waals surface area contributed by atoms with Crippen molar-refractivity contribution in [2.75, 3.05) is 36.0 Å². The van der Waals surface area contributed by atoms with Gasteiger partial charge in [0, 0.05) is 48.7 Å². The van der Waals surface area contributed by atoms with Crippen LogP contribution in [0, 0.1) is 0 Å². The third-order valence-electron chi connectivity index (χ3n) is 8.37. The maximum absolute atomic E-state index is 13.2. The van der Waals surface area contributed by atoms with Gasteiger partial charge in [0.25, 0.3) is 0 Å². The number of nitrogens with zero attached hydrogens (tertiary/aromatic N) is 2. The van der Waals surface area contributed by atoms with Gasteiger partial charge in [-0.25, -0.2) is 0 Å². The van der Waals surface area contributed by atoms with Crippen LogP contribution in [0.3, 0.4) is 0 Å². The Bertz CT molecular complexity index is 1100. The van der Waals surface area contributed by atoms with E-state index in [1.54, 1.807) is 0 Å². The molecule has 4 aliphatic heterocycles. The highest BCUT2D eigenvalue weighted by Crippen LogP contribution is 2.44. The molecule has 4 heteroatoms. The Morgan fingerprint density at radius 2 is 0.848 bits per heavy atom. The summed E-state index contributed by atoms with van der Waals surface area (Å²) in [6.07, 6.45) is 8.94. The SMILES string of the molecule is O=C1CC(=O)C(c2cc3c4c(c2)CCCN4CCC3)=C1c1cc2c3c(c1)CCCN3CCC2. The summed E-state index contributed by atoms with van der Waals surface area (Å²) in [6.45, 7) is 4.55. The van der Waals surface area contributed by atoms with Crippen LogP contribution in [-0.2, 0) is 35.3 Å². The molecule has 0 fully saturated rings. The molecule has 0 amide bonds. The van der Waals surface area contributed by atoms with Crippen molar-refractivity contribution >= 4 is 34.1 Å². The van der Waals surface area contributed by atoms with Gasteiger partial charge >= 0.3 is 0 Å². The van der Waals surface area contributed by atoms with Gasteiger partial charge in [0.05, 0.1) is 6.42 Å². The first-order chi connectivity index (χ1) is 16.2. The van der Waals surface area contributed by atoms with Crippen molar-refractivity contribution in [3.8, 4) is 0 Å². The van der Waals surface area contributed by atoms with E-state index in [1.807, 2.05) is 0 Å². The van der Waals surface area contributed by atoms with Crippen molar-refractivity contribution in [2.45, 2.75) is 57.8 Å². The van der Waals surface area contributed by atoms with Crippen LogP contribution in [0.4, 0.5) is 11.4 Å². The summed E-state index contributed by atoms with van der Waals surface area (Å²) < 4.78 is 0. The topological polar surface area (TPSA) is 40.6 Å². The first-order valence-corrected chi connectivity index (χ1v) is 12.8. The fourth-order valence-electron chi connectivity index (χ4n) is 7.11. The predicted molar refractivity (Wildman–Crippen MR) is 132 cm³/mol. The Hall–Kier alpha value is -2.88. The highest BCUT2D eigenvalue weighted by Gasteiger charge is 2.35. The van der Waals surface area contributed by atoms with Gasteiger partial charge in [-0.15, -0.1) is 0 Å². The average molecular weight is 439 g/mol. The molecule has 0 spiro atoms. The van der Waals surface area contributed by atoms with Crippen LogP contribution >= 0.6 is 0 Å². The maximum atomic E-state index is 13.2. The monoisotopic (exact) mass is 438 g/mol. The van der Waals surface area contributed by atoms with Crippen molar-refractivity contribution in [2.24, 2.45) is 0 Å². The number of hydrogen-bond acceptors (Lipinski definition) is 4. The van der Waals surface area contributed by atoms with E-state index in [0.717, 1.165) is 63.0 Å². The van der Waals surface area contributed by atoms with Crippen molar-refractivity contribution < 1.29 is 9.59 Å². The number of carbonyl (C=O) groups is 2. The highest BCUT2D eigenvalue weighted by molar-refractivity contribution is 6.51. The molecule has 33 heavy (non-hydrogen) atoms. The van der Waals surface area contributed by atoms with E-state index < -0.39 is 0 Å². The number of benzene rings is 2. The summed E-state index contributed by atoms with van der Waals surface area (Å²) in [5.41, 5.74) is 11.6. The molecule has 2 aromatic carbocycles. The number of ketones is 2. The number of Topliss-reactive ketones (excluding diaryl/α,β-unsaturated/α-hetero) is 2. The smallest absolute Gasteiger partial charge is 0.171 e. The molecule has 0 saturated heterocycles. The van der Waals surface area contributed by atoms with E-state index in [-0.39, 0.29) is 18.0 Å². The second-order valence-corrected chi connectivity index (χ2v) is 10.4. The Morgan fingerprint density at radius 3 is 1.18 bits per heavy atom. The number of allylic oxidation sites excluding steroid dienone is 2. The summed E-state index contributed by atoms with van der Waals surface area (Å²) in [5.74, 6) is -0.00256. The lowest BCUT2D eigenvalue weighted by molar-refractivity contribution is -0.119. The van der Waals surface area contributed by atoms with Gasteiger partial charge in [-0.05, 0) is 109 Å². The Morgan fingerprint density at radius 1 is 0.515 bits per heavy atom. The van der Waals surface area contributed by atoms with E-state index in [1.165, 1.54) is 59.3 Å². The highest BCUT2D eigenvalue weighted by atomic mass is 16.2. The van der Waals surface area contributed by atoms with Crippen molar-refractivity contribution in [1.82, 2.24) is 0 Å². The molecule has 0 aromatic heterocycles. The van der Waals surface area contributed by atoms with Crippen LogP contribution in [-0.4, -0.2) is 37.7 Å². The molecule has 4 heterocycles. The lowest BCUT2D eigenvalue weighted by Gasteiger charge is -2.37. The lowest BCUT2D eigenvalue weighted by Crippen LogP contribution is -2.34. The quantitative estimate of drug-likeness (QED) is 0.646. The zero-order chi connectivity index (χ0) is 22.1. The number of anilines is 2. The molecule has 5 aliphatic rings. The van der Waals surface area contributed by atoms with Crippen LogP contribution in [0.1, 0.15) is 65.5 Å². The first-order valence-electron chi connectivity index (χ1n) is 12.8. The lowest BCUT2D eigenvalue weighted by atomic mass is 9.85. The van der Waals surface area contributed by atoms with Crippen molar-refractivity contribution in [3.05, 3.63) is 57.6 Å². The minimum atomic E-state index is -0.00128. The molecule has 4 nitrogen and oxygen atoms in total. The number of aryl methyl sites for hydroxylation is 4. The van der Waals surface area contributed by atoms with Gasteiger partial charge in [-0.3, -0.25) is 9.59 Å². The van der Waals surface area contributed by atoms with Crippen LogP contribution in [0.2, 0.25) is 0 Å². The third kappa shape index (κ3) is 2.96. The van der Waals surface area contributed by atoms with E-state index in [2.05, 4.69) is 34.1 Å². The minimum absolute atomic E-state index is 0.00128. The van der Waals surface area contributed by atoms with E-state index in [9.17, 15) is 9.59 Å². The Labute approximate surface area is 195 Å². The summed E-state index contributed by atoms with van der Waals surface area (Å²) in [6, 6.07) is 8.91. The molecule has 7 rings (SSSR count). The van der Waals surface area contributed by atoms with Crippen LogP contribution in [0.15, 0.2) is 24.3 Å². The van der Waals surface area contributed by atoms with Crippen LogP contribution in [0.5, 0.6) is 0 Å². The van der Waals surface area contributed by atoms with E-state index in [0.29, 0.717) is 11.1 Å². The normalized spacial score (nSPS) is 21.5. The average Bonchev–Trinajstić information content (AvgIpc) is 3.13. The van der Waals surface area contributed by atoms with Crippen LogP contribution in [0.25, 0.3) is 11.1 Å². The molecule has 168 valence electrons. The summed E-state index contributed by atoms with van der Waals surface area (Å²) in [4.78, 5) is 31.5. The number of carbonyl (C=O) groups excluding carboxylic acids is 2. The van der Waals surface area contributed by atoms with Crippen molar-refractivity contribution in [3.63, 3.8) is 0 Å². The maximum Gasteiger partial charge on any atom is 0.171 e. The molecule has 2 aromatic rings. The molecule has 0 bridgehead atoms. The second kappa shape index (κ2) is 7.31. The molecule has 0 saturated carbocycles. The second-order valence-electron chi connectivity index (χ2n) is 10.4. The van der Waals surface area contributed by atoms with E-state index >= 15 is 0 Å². The van der Waals surface area contributed by atoms with Crippen LogP contribution < -0.4 is 9.80 Å². The molecule has 0 unspecified atom stereocenters. The fraction of sp³-hybridized carbons (Fsp3) is 0.448. The number of hydrogen-bond donors (Lipinski definition) is 0. The van der Waals surface area contributed by atoms with Gasteiger partial charge in [0.1, 0.15) is 0 Å². The van der Waals surface area contributed by atoms with Crippen molar-refractivity contribution in [1.29, 1.82) is 0 Å². The molecular formula is C29H30N2O2. The Balaban J connectivity index is 1.42. The predicted octanol–water partition coefficient (Wildman–Crippen LogP) is 4.54. The molecule has 0 radical (unpaired) electrons. The van der Waals surface area contributed by atoms with E-state index in [4.69, 9.17) is 0 Å². The molecule has 1 aliphatic carbocycles. The van der Waals surface area contributed by atoms with Gasteiger partial charge in [-0.1, -0.05) is 0 Å². The fourth-order valence-corrected chi connectivity index (χ4v) is 7.11. The third-order valence-corrected chi connectivity index (χ3v) is 8.37. The van der Waals surface area contributed by atoms with Gasteiger partial charge in [-0.2, -0.15) is 0 Å². The molecule has 0 N–H and O–H groups in total. The Kier molecular flexibility index (Phi) is 4.34. The minimum Gasteiger partial charge on any atom is -0.371 e. The summed E-state index contributed by atoms with van der Waals surface area (Å²) in [7, 11) is 0. The zero-order valence-electron chi connectivity index (χ0n) is 19.2. The van der Waals surface area contributed by atoms with Gasteiger partial charge < -0.3 is 9.80 Å². The standard InChI is InChI=1S/C29H30N2O2/c32-24-17-25(33)27(23-15-20-7-3-11-31-12-4-8-21(16-23)29(20)31)26(24)22-13-18-5-1-9-30-10-2-6-19(14-22)28(18)30/h13-16H,1-12,17H2. The summed E-state index contributed by atoms with van der Waals surface area (Å²) in [5, 5.41) is 0. The summed E-state index contributed by atoms with van der Waals surface area (Å²) >= 11 is 0. The zero-order valence-corrected chi connectivity index (χ0v) is 19.2. The first kappa shape index (κ1) is 19.6. The van der Waals surface area contributed by atoms with Gasteiger partial charge in [0.2, 0.25) is 0 Å². The largest absolute Gasteiger partial charge is 0.371 e. The van der Waals surface area contributed by atoms with Gasteiger partial charge in [0.15, 0.2) is 11.6 Å². The molecular weight excluding hydrogens is 408 g/mol. The molecule has 0 atom stereocenters.